The van der Waals surface area contributed by atoms with Crippen LogP contribution >= 0.6 is 0 Å². The molecule has 110 valence electrons. The van der Waals surface area contributed by atoms with Crippen LogP contribution in [-0.2, 0) is 11.3 Å². The largest absolute Gasteiger partial charge is 0.341 e. The molecule has 0 radical (unpaired) electrons. The third kappa shape index (κ3) is 3.70. The van der Waals surface area contributed by atoms with E-state index in [-0.39, 0.29) is 11.8 Å². The number of amides is 1. The predicted molar refractivity (Wildman–Crippen MR) is 86.6 cm³/mol. The van der Waals surface area contributed by atoms with Crippen molar-refractivity contribution >= 4 is 5.91 Å². The third-order valence-electron chi connectivity index (χ3n) is 3.66. The van der Waals surface area contributed by atoms with Crippen LogP contribution in [0.15, 0.2) is 54.6 Å². The summed E-state index contributed by atoms with van der Waals surface area (Å²) in [6.07, 6.45) is 0. The van der Waals surface area contributed by atoms with E-state index in [9.17, 15) is 4.79 Å². The highest BCUT2D eigenvalue weighted by Crippen LogP contribution is 2.24. The first-order chi connectivity index (χ1) is 10.1. The van der Waals surface area contributed by atoms with Gasteiger partial charge in [-0.05, 0) is 16.7 Å². The SMILES string of the molecule is CC(CN)C(=O)N(C)Cc1ccccc1-c1ccccc1. The predicted octanol–water partition coefficient (Wildman–Crippen LogP) is 2.91. The summed E-state index contributed by atoms with van der Waals surface area (Å²) in [6.45, 7) is 2.83. The third-order valence-corrected chi connectivity index (χ3v) is 3.66. The summed E-state index contributed by atoms with van der Waals surface area (Å²) in [6, 6.07) is 18.4. The molecule has 3 heteroatoms. The Hall–Kier alpha value is -2.13. The molecule has 2 aromatic carbocycles. The summed E-state index contributed by atoms with van der Waals surface area (Å²) < 4.78 is 0. The number of hydrogen-bond donors (Lipinski definition) is 1. The zero-order valence-electron chi connectivity index (χ0n) is 12.6. The lowest BCUT2D eigenvalue weighted by molar-refractivity contribution is -0.133. The summed E-state index contributed by atoms with van der Waals surface area (Å²) >= 11 is 0. The number of hydrogen-bond acceptors (Lipinski definition) is 2. The molecule has 0 bridgehead atoms. The van der Waals surface area contributed by atoms with E-state index >= 15 is 0 Å². The molecule has 0 saturated carbocycles. The van der Waals surface area contributed by atoms with Gasteiger partial charge in [0, 0.05) is 26.1 Å². The Kier molecular flexibility index (Phi) is 5.12. The van der Waals surface area contributed by atoms with Gasteiger partial charge < -0.3 is 10.6 Å². The Morgan fingerprint density at radius 2 is 1.71 bits per heavy atom. The maximum atomic E-state index is 12.2. The highest BCUT2D eigenvalue weighted by Gasteiger charge is 2.17. The van der Waals surface area contributed by atoms with Crippen molar-refractivity contribution in [1.82, 2.24) is 4.90 Å². The molecule has 0 aliphatic rings. The van der Waals surface area contributed by atoms with E-state index in [4.69, 9.17) is 5.73 Å². The van der Waals surface area contributed by atoms with Crippen LogP contribution in [0.5, 0.6) is 0 Å². The first-order valence-corrected chi connectivity index (χ1v) is 7.22. The van der Waals surface area contributed by atoms with E-state index in [1.807, 2.05) is 44.3 Å². The normalized spacial score (nSPS) is 12.0. The number of nitrogens with zero attached hydrogens (tertiary/aromatic N) is 1. The van der Waals surface area contributed by atoms with Crippen molar-refractivity contribution in [1.29, 1.82) is 0 Å². The molecule has 0 spiro atoms. The van der Waals surface area contributed by atoms with Gasteiger partial charge in [0.25, 0.3) is 0 Å². The summed E-state index contributed by atoms with van der Waals surface area (Å²) in [7, 11) is 1.83. The van der Waals surface area contributed by atoms with Crippen molar-refractivity contribution in [3.05, 3.63) is 60.2 Å². The Bertz CT molecular complexity index is 595. The molecular formula is C18H22N2O. The van der Waals surface area contributed by atoms with E-state index in [1.54, 1.807) is 4.90 Å². The van der Waals surface area contributed by atoms with Crippen LogP contribution in [0.4, 0.5) is 0 Å². The molecule has 0 aromatic heterocycles. The molecule has 0 fully saturated rings. The van der Waals surface area contributed by atoms with Gasteiger partial charge >= 0.3 is 0 Å². The molecule has 3 nitrogen and oxygen atoms in total. The highest BCUT2D eigenvalue weighted by atomic mass is 16.2. The Morgan fingerprint density at radius 3 is 2.38 bits per heavy atom. The molecule has 2 rings (SSSR count). The fourth-order valence-corrected chi connectivity index (χ4v) is 2.37. The average Bonchev–Trinajstić information content (AvgIpc) is 2.54. The molecule has 1 atom stereocenters. The smallest absolute Gasteiger partial charge is 0.226 e. The summed E-state index contributed by atoms with van der Waals surface area (Å²) in [4.78, 5) is 13.9. The van der Waals surface area contributed by atoms with Gasteiger partial charge in [0.1, 0.15) is 0 Å². The van der Waals surface area contributed by atoms with Crippen molar-refractivity contribution in [3.63, 3.8) is 0 Å². The second-order valence-electron chi connectivity index (χ2n) is 5.35. The van der Waals surface area contributed by atoms with Crippen molar-refractivity contribution < 1.29 is 4.79 Å². The van der Waals surface area contributed by atoms with Crippen molar-refractivity contribution in [3.8, 4) is 11.1 Å². The Morgan fingerprint density at radius 1 is 1.10 bits per heavy atom. The Labute approximate surface area is 126 Å². The zero-order chi connectivity index (χ0) is 15.2. The van der Waals surface area contributed by atoms with Crippen LogP contribution in [0, 0.1) is 5.92 Å². The lowest BCUT2D eigenvalue weighted by atomic mass is 9.99. The summed E-state index contributed by atoms with van der Waals surface area (Å²) in [5.74, 6) is -0.0562. The molecule has 21 heavy (non-hydrogen) atoms. The minimum absolute atomic E-state index is 0.0837. The van der Waals surface area contributed by atoms with Crippen LogP contribution in [-0.4, -0.2) is 24.4 Å². The maximum Gasteiger partial charge on any atom is 0.226 e. The molecule has 2 N–H and O–H groups in total. The zero-order valence-corrected chi connectivity index (χ0v) is 12.6. The number of rotatable bonds is 5. The van der Waals surface area contributed by atoms with Gasteiger partial charge in [0.2, 0.25) is 5.91 Å². The molecule has 1 amide bonds. The first kappa shape index (κ1) is 15.3. The second kappa shape index (κ2) is 7.04. The minimum Gasteiger partial charge on any atom is -0.341 e. The number of carbonyl (C=O) groups excluding carboxylic acids is 1. The molecule has 0 heterocycles. The number of carbonyl (C=O) groups is 1. The van der Waals surface area contributed by atoms with E-state index < -0.39 is 0 Å². The maximum absolute atomic E-state index is 12.2. The fraction of sp³-hybridized carbons (Fsp3) is 0.278. The average molecular weight is 282 g/mol. The lowest BCUT2D eigenvalue weighted by Gasteiger charge is -2.22. The van der Waals surface area contributed by atoms with Gasteiger partial charge in [-0.3, -0.25) is 4.79 Å². The fourth-order valence-electron chi connectivity index (χ4n) is 2.37. The van der Waals surface area contributed by atoms with Gasteiger partial charge in [0.05, 0.1) is 0 Å². The molecular weight excluding hydrogens is 260 g/mol. The highest BCUT2D eigenvalue weighted by molar-refractivity contribution is 5.79. The van der Waals surface area contributed by atoms with E-state index in [2.05, 4.69) is 24.3 Å². The van der Waals surface area contributed by atoms with Crippen molar-refractivity contribution in [2.45, 2.75) is 13.5 Å². The van der Waals surface area contributed by atoms with Gasteiger partial charge in [-0.15, -0.1) is 0 Å². The van der Waals surface area contributed by atoms with Crippen LogP contribution in [0.1, 0.15) is 12.5 Å². The van der Waals surface area contributed by atoms with E-state index in [0.717, 1.165) is 11.1 Å². The quantitative estimate of drug-likeness (QED) is 0.916. The van der Waals surface area contributed by atoms with Crippen LogP contribution in [0.2, 0.25) is 0 Å². The second-order valence-corrected chi connectivity index (χ2v) is 5.35. The molecule has 0 aliphatic carbocycles. The molecule has 1 unspecified atom stereocenters. The van der Waals surface area contributed by atoms with E-state index in [0.29, 0.717) is 13.1 Å². The van der Waals surface area contributed by atoms with Crippen molar-refractivity contribution in [2.75, 3.05) is 13.6 Å². The van der Waals surface area contributed by atoms with Crippen LogP contribution in [0.25, 0.3) is 11.1 Å². The standard InChI is InChI=1S/C18H22N2O/c1-14(12-19)18(21)20(2)13-16-10-6-7-11-17(16)15-8-4-3-5-9-15/h3-11,14H,12-13,19H2,1-2H3. The first-order valence-electron chi connectivity index (χ1n) is 7.22. The summed E-state index contributed by atoms with van der Waals surface area (Å²) in [5.41, 5.74) is 9.05. The van der Waals surface area contributed by atoms with E-state index in [1.165, 1.54) is 5.56 Å². The summed E-state index contributed by atoms with van der Waals surface area (Å²) in [5, 5.41) is 0. The minimum atomic E-state index is -0.140. The van der Waals surface area contributed by atoms with Gasteiger partial charge in [-0.2, -0.15) is 0 Å². The van der Waals surface area contributed by atoms with Crippen molar-refractivity contribution in [2.24, 2.45) is 11.7 Å². The number of benzene rings is 2. The van der Waals surface area contributed by atoms with Gasteiger partial charge in [-0.25, -0.2) is 0 Å². The monoisotopic (exact) mass is 282 g/mol. The molecule has 0 aliphatic heterocycles. The van der Waals surface area contributed by atoms with Gasteiger partial charge in [-0.1, -0.05) is 61.5 Å². The topological polar surface area (TPSA) is 46.3 Å². The van der Waals surface area contributed by atoms with Crippen LogP contribution in [0.3, 0.4) is 0 Å². The molecule has 0 saturated heterocycles. The van der Waals surface area contributed by atoms with Gasteiger partial charge in [0.15, 0.2) is 0 Å². The lowest BCUT2D eigenvalue weighted by Crippen LogP contribution is -2.34. The molecule has 2 aromatic rings. The Balaban J connectivity index is 2.24. The number of nitrogens with two attached hydrogens (primary N) is 1. The van der Waals surface area contributed by atoms with Crippen LogP contribution < -0.4 is 5.73 Å².